The first-order valence-electron chi connectivity index (χ1n) is 8.81. The van der Waals surface area contributed by atoms with Crippen LogP contribution in [0.5, 0.6) is 5.88 Å². The van der Waals surface area contributed by atoms with Crippen molar-refractivity contribution in [2.45, 2.75) is 38.0 Å². The van der Waals surface area contributed by atoms with Crippen molar-refractivity contribution < 1.29 is 13.9 Å². The van der Waals surface area contributed by atoms with Crippen LogP contribution in [0.1, 0.15) is 41.7 Å². The highest BCUT2D eigenvalue weighted by atomic mass is 19.1. The molecule has 8 nitrogen and oxygen atoms in total. The van der Waals surface area contributed by atoms with Crippen LogP contribution in [0.25, 0.3) is 5.65 Å². The monoisotopic (exact) mass is 368 g/mol. The van der Waals surface area contributed by atoms with E-state index in [1.165, 1.54) is 16.9 Å². The summed E-state index contributed by atoms with van der Waals surface area (Å²) in [5.74, 6) is -0.287. The summed E-state index contributed by atoms with van der Waals surface area (Å²) in [6.45, 7) is 1.88. The molecule has 1 saturated carbocycles. The van der Waals surface area contributed by atoms with Crippen molar-refractivity contribution in [3.8, 4) is 5.88 Å². The summed E-state index contributed by atoms with van der Waals surface area (Å²) in [6.07, 6.45) is 5.67. The minimum atomic E-state index is -0.564. The minimum absolute atomic E-state index is 0.0149. The summed E-state index contributed by atoms with van der Waals surface area (Å²) < 4.78 is 21.8. The molecule has 6 rings (SSSR count). The maximum atomic E-state index is 14.5. The van der Waals surface area contributed by atoms with Crippen molar-refractivity contribution in [2.24, 2.45) is 0 Å². The van der Waals surface area contributed by atoms with E-state index < -0.39 is 5.82 Å². The van der Waals surface area contributed by atoms with Crippen molar-refractivity contribution in [1.82, 2.24) is 24.9 Å². The molecular formula is C18H17FN6O2. The van der Waals surface area contributed by atoms with E-state index in [2.05, 4.69) is 25.7 Å². The van der Waals surface area contributed by atoms with Gasteiger partial charge in [0.05, 0.1) is 18.4 Å². The molecule has 9 heteroatoms. The number of anilines is 1. The van der Waals surface area contributed by atoms with Gasteiger partial charge >= 0.3 is 0 Å². The van der Waals surface area contributed by atoms with Gasteiger partial charge < -0.3 is 15.4 Å². The zero-order chi connectivity index (χ0) is 18.5. The van der Waals surface area contributed by atoms with Gasteiger partial charge in [0.1, 0.15) is 11.7 Å². The van der Waals surface area contributed by atoms with Gasteiger partial charge in [-0.2, -0.15) is 5.10 Å². The fourth-order valence-electron chi connectivity index (χ4n) is 3.47. The van der Waals surface area contributed by atoms with E-state index in [9.17, 15) is 9.18 Å². The van der Waals surface area contributed by atoms with Crippen LogP contribution in [0.2, 0.25) is 0 Å². The molecule has 3 aliphatic rings. The van der Waals surface area contributed by atoms with E-state index in [1.807, 2.05) is 19.1 Å². The van der Waals surface area contributed by atoms with Gasteiger partial charge in [-0.3, -0.25) is 4.79 Å². The Morgan fingerprint density at radius 3 is 3.04 bits per heavy atom. The van der Waals surface area contributed by atoms with Gasteiger partial charge in [0.25, 0.3) is 5.91 Å². The van der Waals surface area contributed by atoms with Crippen molar-refractivity contribution in [3.05, 3.63) is 47.7 Å². The predicted molar refractivity (Wildman–Crippen MR) is 94.1 cm³/mol. The zero-order valence-electron chi connectivity index (χ0n) is 14.5. The van der Waals surface area contributed by atoms with E-state index in [1.54, 1.807) is 6.20 Å². The van der Waals surface area contributed by atoms with E-state index >= 15 is 0 Å². The lowest BCUT2D eigenvalue weighted by molar-refractivity contribution is 0.0672. The number of fused-ring (bicyclic) bond motifs is 2. The topological polar surface area (TPSA) is 93.4 Å². The smallest absolute Gasteiger partial charge is 0.256 e. The van der Waals surface area contributed by atoms with Crippen LogP contribution in [0, 0.1) is 5.82 Å². The molecule has 2 aliphatic heterocycles. The molecule has 1 atom stereocenters. The second-order valence-corrected chi connectivity index (χ2v) is 6.91. The highest BCUT2D eigenvalue weighted by Crippen LogP contribution is 2.32. The number of aromatic nitrogens is 4. The summed E-state index contributed by atoms with van der Waals surface area (Å²) >= 11 is 0. The van der Waals surface area contributed by atoms with Gasteiger partial charge in [-0.1, -0.05) is 6.07 Å². The molecule has 0 aromatic carbocycles. The number of amides is 1. The molecule has 138 valence electrons. The number of carbonyl (C=O) groups is 1. The van der Waals surface area contributed by atoms with Gasteiger partial charge in [0.2, 0.25) is 5.88 Å². The lowest BCUT2D eigenvalue weighted by Crippen LogP contribution is -2.49. The van der Waals surface area contributed by atoms with Crippen molar-refractivity contribution in [2.75, 3.05) is 5.32 Å². The third-order valence-corrected chi connectivity index (χ3v) is 5.02. The molecular weight excluding hydrogens is 351 g/mol. The van der Waals surface area contributed by atoms with Crippen LogP contribution in [0.4, 0.5) is 10.2 Å². The van der Waals surface area contributed by atoms with Crippen LogP contribution < -0.4 is 15.4 Å². The first-order valence-corrected chi connectivity index (χ1v) is 8.81. The quantitative estimate of drug-likeness (QED) is 0.631. The molecule has 1 aliphatic carbocycles. The maximum absolute atomic E-state index is 14.5. The molecule has 4 bridgehead atoms. The Kier molecular flexibility index (Phi) is 3.49. The van der Waals surface area contributed by atoms with Gasteiger partial charge in [0, 0.05) is 30.6 Å². The Bertz CT molecular complexity index is 1050. The Morgan fingerprint density at radius 2 is 2.19 bits per heavy atom. The second-order valence-electron chi connectivity index (χ2n) is 6.91. The molecule has 2 N–H and O–H groups in total. The zero-order valence-corrected chi connectivity index (χ0v) is 14.5. The molecule has 0 spiro atoms. The van der Waals surface area contributed by atoms with E-state index in [0.717, 1.165) is 5.56 Å². The standard InChI is InChI=1S/C18H17FN6O2/c1-9-12-3-2-4-20-18(12)27-11-5-10(6-11)23-17(26)13-7-21-25-8-14(19)15(22-9)24-16(13)25/h2-4,7-11H,5-6H2,1H3,(H,22,24)(H,23,26)/t9-,10-,11+/m1/s1. The van der Waals surface area contributed by atoms with Crippen molar-refractivity contribution in [3.63, 3.8) is 0 Å². The lowest BCUT2D eigenvalue weighted by atomic mass is 9.89. The number of hydrogen-bond acceptors (Lipinski definition) is 6. The summed E-state index contributed by atoms with van der Waals surface area (Å²) in [4.78, 5) is 21.2. The number of halogens is 1. The Labute approximate surface area is 153 Å². The van der Waals surface area contributed by atoms with Gasteiger partial charge in [0.15, 0.2) is 17.3 Å². The highest BCUT2D eigenvalue weighted by Gasteiger charge is 2.34. The first kappa shape index (κ1) is 16.0. The Hall–Kier alpha value is -3.23. The normalized spacial score (nSPS) is 24.2. The number of rotatable bonds is 0. The van der Waals surface area contributed by atoms with Crippen molar-refractivity contribution >= 4 is 17.4 Å². The number of ether oxygens (including phenoxy) is 1. The lowest BCUT2D eigenvalue weighted by Gasteiger charge is -2.36. The minimum Gasteiger partial charge on any atom is -0.474 e. The number of carbonyl (C=O) groups excluding carboxylic acids is 1. The molecule has 5 heterocycles. The number of nitrogens with one attached hydrogen (secondary N) is 2. The second kappa shape index (κ2) is 5.90. The molecule has 0 saturated heterocycles. The number of hydrogen-bond donors (Lipinski definition) is 2. The Balaban J connectivity index is 1.63. The summed E-state index contributed by atoms with van der Waals surface area (Å²) in [5.41, 5.74) is 1.44. The number of nitrogens with zero attached hydrogens (tertiary/aromatic N) is 4. The predicted octanol–water partition coefficient (Wildman–Crippen LogP) is 2.09. The highest BCUT2D eigenvalue weighted by molar-refractivity contribution is 6.00. The van der Waals surface area contributed by atoms with E-state index in [0.29, 0.717) is 29.9 Å². The molecule has 1 fully saturated rings. The fraction of sp³-hybridized carbons (Fsp3) is 0.333. The summed E-state index contributed by atoms with van der Waals surface area (Å²) in [6, 6.07) is 3.43. The van der Waals surface area contributed by atoms with Gasteiger partial charge in [-0.25, -0.2) is 18.9 Å². The van der Waals surface area contributed by atoms with Crippen LogP contribution in [0.15, 0.2) is 30.7 Å². The molecule has 3 aromatic rings. The third-order valence-electron chi connectivity index (χ3n) is 5.02. The Morgan fingerprint density at radius 1 is 1.33 bits per heavy atom. The average molecular weight is 368 g/mol. The van der Waals surface area contributed by atoms with Crippen molar-refractivity contribution in [1.29, 1.82) is 0 Å². The first-order chi connectivity index (χ1) is 13.1. The van der Waals surface area contributed by atoms with Crippen LogP contribution >= 0.6 is 0 Å². The molecule has 0 radical (unpaired) electrons. The largest absolute Gasteiger partial charge is 0.474 e. The van der Waals surface area contributed by atoms with Gasteiger partial charge in [-0.15, -0.1) is 0 Å². The summed E-state index contributed by atoms with van der Waals surface area (Å²) in [7, 11) is 0. The maximum Gasteiger partial charge on any atom is 0.256 e. The van der Waals surface area contributed by atoms with E-state index in [4.69, 9.17) is 4.74 Å². The molecule has 3 aromatic heterocycles. The average Bonchev–Trinajstić information content (AvgIpc) is 3.02. The van der Waals surface area contributed by atoms with Gasteiger partial charge in [-0.05, 0) is 13.0 Å². The van der Waals surface area contributed by atoms with Crippen LogP contribution in [-0.2, 0) is 0 Å². The third kappa shape index (κ3) is 2.66. The molecule has 27 heavy (non-hydrogen) atoms. The summed E-state index contributed by atoms with van der Waals surface area (Å²) in [5, 5.41) is 10.1. The SMILES string of the molecule is C[C@H]1Nc2nc3c(cnn3cc2F)C(=O)N[C@H]2C[C@H](C2)Oc2ncccc21. The molecule has 1 amide bonds. The van der Waals surface area contributed by atoms with Crippen LogP contribution in [0.3, 0.4) is 0 Å². The van der Waals surface area contributed by atoms with Crippen LogP contribution in [-0.4, -0.2) is 37.6 Å². The number of pyridine rings is 1. The fourth-order valence-corrected chi connectivity index (χ4v) is 3.47. The molecule has 0 unspecified atom stereocenters. The van der Waals surface area contributed by atoms with E-state index in [-0.39, 0.29) is 29.9 Å².